The number of aryl methyl sites for hydroxylation is 1. The van der Waals surface area contributed by atoms with E-state index in [4.69, 9.17) is 4.74 Å². The van der Waals surface area contributed by atoms with Crippen LogP contribution in [0.3, 0.4) is 0 Å². The van der Waals surface area contributed by atoms with Gasteiger partial charge in [0.2, 0.25) is 0 Å². The van der Waals surface area contributed by atoms with Crippen LogP contribution < -0.4 is 10.0 Å². The SMILES string of the molecule is COC(=O)c1cccc(NC(=O)c2ccc(C)c(S(=O)(=O)Nc3ccccc3)c2)c1C. The third kappa shape index (κ3) is 4.92. The Hall–Kier alpha value is -3.65. The molecule has 7 nitrogen and oxygen atoms in total. The molecule has 0 fully saturated rings. The van der Waals surface area contributed by atoms with Gasteiger partial charge < -0.3 is 10.1 Å². The summed E-state index contributed by atoms with van der Waals surface area (Å²) in [5.74, 6) is -1.01. The van der Waals surface area contributed by atoms with Crippen molar-refractivity contribution >= 4 is 33.3 Å². The maximum atomic E-state index is 12.9. The van der Waals surface area contributed by atoms with Gasteiger partial charge in [0.25, 0.3) is 15.9 Å². The molecule has 0 spiro atoms. The molecule has 0 atom stereocenters. The maximum Gasteiger partial charge on any atom is 0.338 e. The first-order valence-electron chi connectivity index (χ1n) is 9.40. The van der Waals surface area contributed by atoms with Crippen molar-refractivity contribution in [2.24, 2.45) is 0 Å². The van der Waals surface area contributed by atoms with Gasteiger partial charge in [-0.15, -0.1) is 0 Å². The van der Waals surface area contributed by atoms with Crippen LogP contribution in [0, 0.1) is 13.8 Å². The number of sulfonamides is 1. The fourth-order valence-electron chi connectivity index (χ4n) is 3.04. The highest BCUT2D eigenvalue weighted by molar-refractivity contribution is 7.92. The summed E-state index contributed by atoms with van der Waals surface area (Å²) >= 11 is 0. The number of amides is 1. The Morgan fingerprint density at radius 2 is 1.61 bits per heavy atom. The zero-order valence-electron chi connectivity index (χ0n) is 17.3. The Kier molecular flexibility index (Phi) is 6.41. The number of methoxy groups -OCH3 is 1. The van der Waals surface area contributed by atoms with E-state index in [9.17, 15) is 18.0 Å². The molecule has 3 rings (SSSR count). The number of anilines is 2. The summed E-state index contributed by atoms with van der Waals surface area (Å²) in [6.45, 7) is 3.35. The predicted molar refractivity (Wildman–Crippen MR) is 119 cm³/mol. The molecule has 0 aliphatic carbocycles. The van der Waals surface area contributed by atoms with E-state index in [-0.39, 0.29) is 10.5 Å². The van der Waals surface area contributed by atoms with Gasteiger partial charge in [0.15, 0.2) is 0 Å². The molecule has 3 aromatic carbocycles. The summed E-state index contributed by atoms with van der Waals surface area (Å²) < 4.78 is 33.0. The summed E-state index contributed by atoms with van der Waals surface area (Å²) in [5, 5.41) is 2.73. The Bertz CT molecular complexity index is 1240. The van der Waals surface area contributed by atoms with Gasteiger partial charge in [-0.05, 0) is 61.4 Å². The van der Waals surface area contributed by atoms with Crippen molar-refractivity contribution in [2.45, 2.75) is 18.7 Å². The van der Waals surface area contributed by atoms with E-state index < -0.39 is 21.9 Å². The van der Waals surface area contributed by atoms with Crippen molar-refractivity contribution in [1.29, 1.82) is 0 Å². The van der Waals surface area contributed by atoms with Crippen molar-refractivity contribution in [1.82, 2.24) is 0 Å². The topological polar surface area (TPSA) is 102 Å². The summed E-state index contributed by atoms with van der Waals surface area (Å²) in [6.07, 6.45) is 0. The number of carbonyl (C=O) groups excluding carboxylic acids is 2. The second-order valence-electron chi connectivity index (χ2n) is 6.88. The first-order chi connectivity index (χ1) is 14.7. The molecule has 0 aromatic heterocycles. The van der Waals surface area contributed by atoms with Crippen LogP contribution in [-0.4, -0.2) is 27.4 Å². The van der Waals surface area contributed by atoms with Gasteiger partial charge in [0.1, 0.15) is 0 Å². The van der Waals surface area contributed by atoms with Gasteiger partial charge in [0.05, 0.1) is 17.6 Å². The second kappa shape index (κ2) is 9.01. The Labute approximate surface area is 181 Å². The molecule has 31 heavy (non-hydrogen) atoms. The lowest BCUT2D eigenvalue weighted by Gasteiger charge is -2.14. The average Bonchev–Trinajstić information content (AvgIpc) is 2.75. The van der Waals surface area contributed by atoms with Gasteiger partial charge in [-0.1, -0.05) is 30.3 Å². The highest BCUT2D eigenvalue weighted by atomic mass is 32.2. The predicted octanol–water partition coefficient (Wildman–Crippen LogP) is 4.14. The van der Waals surface area contributed by atoms with Crippen LogP contribution in [0.4, 0.5) is 11.4 Å². The van der Waals surface area contributed by atoms with Crippen molar-refractivity contribution in [3.8, 4) is 0 Å². The van der Waals surface area contributed by atoms with Crippen molar-refractivity contribution in [3.63, 3.8) is 0 Å². The van der Waals surface area contributed by atoms with Gasteiger partial charge in [0, 0.05) is 16.9 Å². The van der Waals surface area contributed by atoms with Crippen LogP contribution in [0.1, 0.15) is 31.8 Å². The van der Waals surface area contributed by atoms with Gasteiger partial charge in [-0.3, -0.25) is 9.52 Å². The van der Waals surface area contributed by atoms with Crippen LogP contribution in [0.25, 0.3) is 0 Å². The number of rotatable bonds is 6. The number of esters is 1. The third-order valence-corrected chi connectivity index (χ3v) is 6.28. The largest absolute Gasteiger partial charge is 0.465 e. The molecule has 3 aromatic rings. The summed E-state index contributed by atoms with van der Waals surface area (Å²) in [4.78, 5) is 24.7. The van der Waals surface area contributed by atoms with Gasteiger partial charge in [-0.2, -0.15) is 0 Å². The van der Waals surface area contributed by atoms with E-state index in [1.54, 1.807) is 74.5 Å². The fourth-order valence-corrected chi connectivity index (χ4v) is 4.37. The molecule has 0 aliphatic heterocycles. The van der Waals surface area contributed by atoms with Crippen molar-refractivity contribution in [3.05, 3.63) is 89.0 Å². The fraction of sp³-hybridized carbons (Fsp3) is 0.130. The molecule has 0 saturated carbocycles. The minimum absolute atomic E-state index is 0.00374. The van der Waals surface area contributed by atoms with Gasteiger partial charge in [-0.25, -0.2) is 13.2 Å². The van der Waals surface area contributed by atoms with E-state index in [1.165, 1.54) is 13.2 Å². The number of carbonyl (C=O) groups is 2. The number of nitrogens with one attached hydrogen (secondary N) is 2. The standard InChI is InChI=1S/C23H22N2O5S/c1-15-12-13-17(14-21(15)31(28,29)25-18-8-5-4-6-9-18)22(26)24-20-11-7-10-19(16(20)2)23(27)30-3/h4-14,25H,1-3H3,(H,24,26). The molecule has 0 heterocycles. The lowest BCUT2D eigenvalue weighted by atomic mass is 10.1. The molecule has 1 amide bonds. The zero-order valence-corrected chi connectivity index (χ0v) is 18.1. The minimum atomic E-state index is -3.89. The highest BCUT2D eigenvalue weighted by Gasteiger charge is 2.20. The Morgan fingerprint density at radius 3 is 2.29 bits per heavy atom. The molecule has 8 heteroatoms. The lowest BCUT2D eigenvalue weighted by molar-refractivity contribution is 0.0599. The minimum Gasteiger partial charge on any atom is -0.465 e. The summed E-state index contributed by atoms with van der Waals surface area (Å²) in [5.41, 5.74) is 2.41. The monoisotopic (exact) mass is 438 g/mol. The van der Waals surface area contributed by atoms with Crippen LogP contribution >= 0.6 is 0 Å². The first kappa shape index (κ1) is 22.0. The molecular weight excluding hydrogens is 416 g/mol. The number of ether oxygens (including phenoxy) is 1. The summed E-state index contributed by atoms with van der Waals surface area (Å²) in [7, 11) is -2.61. The smallest absolute Gasteiger partial charge is 0.338 e. The molecule has 0 radical (unpaired) electrons. The quantitative estimate of drug-likeness (QED) is 0.563. The first-order valence-corrected chi connectivity index (χ1v) is 10.9. The zero-order chi connectivity index (χ0) is 22.6. The number of hydrogen-bond acceptors (Lipinski definition) is 5. The Balaban J connectivity index is 1.90. The number of benzene rings is 3. The second-order valence-corrected chi connectivity index (χ2v) is 8.53. The molecule has 2 N–H and O–H groups in total. The highest BCUT2D eigenvalue weighted by Crippen LogP contribution is 2.23. The van der Waals surface area contributed by atoms with E-state index >= 15 is 0 Å². The number of hydrogen-bond donors (Lipinski definition) is 2. The molecule has 0 saturated heterocycles. The molecule has 160 valence electrons. The van der Waals surface area contributed by atoms with Crippen LogP contribution in [0.2, 0.25) is 0 Å². The third-order valence-electron chi connectivity index (χ3n) is 4.75. The maximum absolute atomic E-state index is 12.9. The van der Waals surface area contributed by atoms with Crippen LogP contribution in [0.15, 0.2) is 71.6 Å². The molecule has 0 aliphatic rings. The van der Waals surface area contributed by atoms with E-state index in [2.05, 4.69) is 10.0 Å². The van der Waals surface area contributed by atoms with Crippen molar-refractivity contribution < 1.29 is 22.7 Å². The van der Waals surface area contributed by atoms with Crippen LogP contribution in [-0.2, 0) is 14.8 Å². The molecular formula is C23H22N2O5S. The van der Waals surface area contributed by atoms with E-state index in [0.717, 1.165) is 0 Å². The van der Waals surface area contributed by atoms with Gasteiger partial charge >= 0.3 is 5.97 Å². The van der Waals surface area contributed by atoms with Crippen molar-refractivity contribution in [2.75, 3.05) is 17.1 Å². The lowest BCUT2D eigenvalue weighted by Crippen LogP contribution is -2.18. The average molecular weight is 439 g/mol. The Morgan fingerprint density at radius 1 is 0.903 bits per heavy atom. The number of para-hydroxylation sites is 1. The molecule has 0 bridgehead atoms. The van der Waals surface area contributed by atoms with Crippen LogP contribution in [0.5, 0.6) is 0 Å². The van der Waals surface area contributed by atoms with E-state index in [0.29, 0.717) is 28.1 Å². The molecule has 0 unspecified atom stereocenters. The summed E-state index contributed by atoms with van der Waals surface area (Å²) in [6, 6.07) is 17.8. The van der Waals surface area contributed by atoms with E-state index in [1.807, 2.05) is 0 Å². The normalized spacial score (nSPS) is 10.9.